The van der Waals surface area contributed by atoms with Crippen LogP contribution in [0.15, 0.2) is 47.5 Å². The van der Waals surface area contributed by atoms with Gasteiger partial charge in [0.05, 0.1) is 11.4 Å². The first-order chi connectivity index (χ1) is 10.9. The highest BCUT2D eigenvalue weighted by atomic mass is 32.2. The van der Waals surface area contributed by atoms with Crippen molar-refractivity contribution in [3.63, 3.8) is 0 Å². The highest BCUT2D eigenvalue weighted by Crippen LogP contribution is 2.12. The summed E-state index contributed by atoms with van der Waals surface area (Å²) in [6, 6.07) is 9.06. The Morgan fingerprint density at radius 3 is 2.48 bits per heavy atom. The van der Waals surface area contributed by atoms with Crippen molar-refractivity contribution in [2.45, 2.75) is 11.8 Å². The van der Waals surface area contributed by atoms with Gasteiger partial charge in [-0.3, -0.25) is 4.79 Å². The zero-order chi connectivity index (χ0) is 16.9. The first kappa shape index (κ1) is 16.7. The van der Waals surface area contributed by atoms with Crippen molar-refractivity contribution in [1.29, 1.82) is 0 Å². The van der Waals surface area contributed by atoms with Crippen LogP contribution in [-0.4, -0.2) is 25.9 Å². The van der Waals surface area contributed by atoms with Crippen LogP contribution >= 0.6 is 0 Å². The van der Waals surface area contributed by atoms with Crippen LogP contribution in [0.4, 0.5) is 5.82 Å². The number of hydrogen-bond donors (Lipinski definition) is 2. The molecule has 0 radical (unpaired) electrons. The number of nitrogens with zero attached hydrogens (tertiary/aromatic N) is 1. The van der Waals surface area contributed by atoms with Crippen LogP contribution in [0, 0.1) is 19.3 Å². The minimum atomic E-state index is -3.67. The third-order valence-corrected chi connectivity index (χ3v) is 4.36. The van der Waals surface area contributed by atoms with Crippen LogP contribution in [0.3, 0.4) is 0 Å². The zero-order valence-electron chi connectivity index (χ0n) is 12.4. The lowest BCUT2D eigenvalue weighted by Gasteiger charge is -2.07. The van der Waals surface area contributed by atoms with Gasteiger partial charge in [-0.15, -0.1) is 6.42 Å². The van der Waals surface area contributed by atoms with E-state index < -0.39 is 10.0 Å². The molecule has 0 aliphatic heterocycles. The molecule has 0 atom stereocenters. The van der Waals surface area contributed by atoms with Crippen LogP contribution in [0.5, 0.6) is 0 Å². The van der Waals surface area contributed by atoms with Crippen LogP contribution in [0.2, 0.25) is 0 Å². The average molecular weight is 329 g/mol. The van der Waals surface area contributed by atoms with Crippen molar-refractivity contribution in [3.8, 4) is 12.3 Å². The van der Waals surface area contributed by atoms with Crippen molar-refractivity contribution in [1.82, 2.24) is 9.71 Å². The van der Waals surface area contributed by atoms with E-state index in [1.807, 2.05) is 13.0 Å². The number of carbonyl (C=O) groups is 1. The Labute approximate surface area is 135 Å². The first-order valence-corrected chi connectivity index (χ1v) is 8.18. The quantitative estimate of drug-likeness (QED) is 0.815. The lowest BCUT2D eigenvalue weighted by Crippen LogP contribution is -2.24. The molecule has 1 heterocycles. The molecule has 0 aliphatic carbocycles. The number of terminal acetylenes is 1. The number of rotatable bonds is 5. The molecule has 1 aromatic carbocycles. The van der Waals surface area contributed by atoms with E-state index in [1.165, 1.54) is 24.3 Å². The molecular formula is C16H15N3O3S. The monoisotopic (exact) mass is 329 g/mol. The Bertz CT molecular complexity index is 836. The predicted molar refractivity (Wildman–Crippen MR) is 87.4 cm³/mol. The topological polar surface area (TPSA) is 88.2 Å². The number of carbonyl (C=O) groups excluding carboxylic acids is 1. The normalized spacial score (nSPS) is 10.8. The van der Waals surface area contributed by atoms with E-state index in [0.29, 0.717) is 11.4 Å². The molecule has 0 aliphatic rings. The van der Waals surface area contributed by atoms with Crippen LogP contribution < -0.4 is 10.0 Å². The van der Waals surface area contributed by atoms with Gasteiger partial charge in [0.2, 0.25) is 10.0 Å². The second-order valence-corrected chi connectivity index (χ2v) is 6.49. The SMILES string of the molecule is C#CCNS(=O)(=O)c1ccc(C(=O)Nc2ccc(C)cn2)cc1. The molecule has 0 saturated carbocycles. The van der Waals surface area contributed by atoms with Crippen molar-refractivity contribution in [2.75, 3.05) is 11.9 Å². The van der Waals surface area contributed by atoms with Crippen molar-refractivity contribution in [2.24, 2.45) is 0 Å². The Morgan fingerprint density at radius 2 is 1.91 bits per heavy atom. The van der Waals surface area contributed by atoms with E-state index in [2.05, 4.69) is 20.9 Å². The molecule has 0 unspecified atom stereocenters. The summed E-state index contributed by atoms with van der Waals surface area (Å²) in [6.07, 6.45) is 6.67. The fraction of sp³-hybridized carbons (Fsp3) is 0.125. The molecule has 0 spiro atoms. The molecule has 2 aromatic rings. The third-order valence-electron chi connectivity index (χ3n) is 2.94. The van der Waals surface area contributed by atoms with Gasteiger partial charge in [0, 0.05) is 11.8 Å². The summed E-state index contributed by atoms with van der Waals surface area (Å²) in [7, 11) is -3.67. The average Bonchev–Trinajstić information content (AvgIpc) is 2.55. The van der Waals surface area contributed by atoms with Gasteiger partial charge in [0.15, 0.2) is 0 Å². The highest BCUT2D eigenvalue weighted by molar-refractivity contribution is 7.89. The number of sulfonamides is 1. The van der Waals surface area contributed by atoms with E-state index >= 15 is 0 Å². The van der Waals surface area contributed by atoms with Crippen molar-refractivity contribution >= 4 is 21.7 Å². The molecule has 0 bridgehead atoms. The van der Waals surface area contributed by atoms with Crippen LogP contribution in [0.25, 0.3) is 0 Å². The summed E-state index contributed by atoms with van der Waals surface area (Å²) in [6.45, 7) is 1.80. The first-order valence-electron chi connectivity index (χ1n) is 6.69. The number of benzene rings is 1. The number of aromatic nitrogens is 1. The second-order valence-electron chi connectivity index (χ2n) is 4.73. The minimum Gasteiger partial charge on any atom is -0.307 e. The van der Waals surface area contributed by atoms with E-state index in [-0.39, 0.29) is 17.3 Å². The van der Waals surface area contributed by atoms with Gasteiger partial charge in [-0.2, -0.15) is 4.72 Å². The standard InChI is InChI=1S/C16H15N3O3S/c1-3-10-18-23(21,22)14-7-5-13(6-8-14)16(20)19-15-9-4-12(2)11-17-15/h1,4-9,11,18H,10H2,2H3,(H,17,19,20). The molecule has 2 N–H and O–H groups in total. The summed E-state index contributed by atoms with van der Waals surface area (Å²) in [5.74, 6) is 2.24. The van der Waals surface area contributed by atoms with Crippen molar-refractivity contribution in [3.05, 3.63) is 53.7 Å². The van der Waals surface area contributed by atoms with Gasteiger partial charge in [-0.1, -0.05) is 12.0 Å². The Balaban J connectivity index is 2.11. The number of hydrogen-bond acceptors (Lipinski definition) is 4. The van der Waals surface area contributed by atoms with Crippen LogP contribution in [-0.2, 0) is 10.0 Å². The van der Waals surface area contributed by atoms with E-state index in [0.717, 1.165) is 5.56 Å². The Hall–Kier alpha value is -2.69. The number of anilines is 1. The van der Waals surface area contributed by atoms with Gasteiger partial charge >= 0.3 is 0 Å². The maximum Gasteiger partial charge on any atom is 0.256 e. The molecule has 23 heavy (non-hydrogen) atoms. The molecule has 6 nitrogen and oxygen atoms in total. The smallest absolute Gasteiger partial charge is 0.256 e. The summed E-state index contributed by atoms with van der Waals surface area (Å²) in [5.41, 5.74) is 1.31. The largest absolute Gasteiger partial charge is 0.307 e. The van der Waals surface area contributed by atoms with Gasteiger partial charge in [-0.25, -0.2) is 13.4 Å². The summed E-state index contributed by atoms with van der Waals surface area (Å²) in [5, 5.41) is 2.64. The highest BCUT2D eigenvalue weighted by Gasteiger charge is 2.14. The lowest BCUT2D eigenvalue weighted by molar-refractivity contribution is 0.102. The fourth-order valence-corrected chi connectivity index (χ4v) is 2.67. The Kier molecular flexibility index (Phi) is 5.11. The number of pyridine rings is 1. The summed E-state index contributed by atoms with van der Waals surface area (Å²) in [4.78, 5) is 16.2. The molecule has 0 fully saturated rings. The fourth-order valence-electron chi connectivity index (χ4n) is 1.74. The van der Waals surface area contributed by atoms with Gasteiger partial charge in [0.1, 0.15) is 5.82 Å². The van der Waals surface area contributed by atoms with E-state index in [4.69, 9.17) is 6.42 Å². The number of aryl methyl sites for hydroxylation is 1. The lowest BCUT2D eigenvalue weighted by atomic mass is 10.2. The maximum atomic E-state index is 12.1. The van der Waals surface area contributed by atoms with Gasteiger partial charge < -0.3 is 5.32 Å². The maximum absolute atomic E-state index is 12.1. The number of amides is 1. The minimum absolute atomic E-state index is 0.0396. The molecular weight excluding hydrogens is 314 g/mol. The molecule has 0 saturated heterocycles. The number of nitrogens with one attached hydrogen (secondary N) is 2. The zero-order valence-corrected chi connectivity index (χ0v) is 13.2. The molecule has 1 amide bonds. The molecule has 1 aromatic heterocycles. The Morgan fingerprint density at radius 1 is 1.22 bits per heavy atom. The summed E-state index contributed by atoms with van der Waals surface area (Å²) < 4.78 is 26.0. The van der Waals surface area contributed by atoms with Crippen LogP contribution in [0.1, 0.15) is 15.9 Å². The molecule has 118 valence electrons. The van der Waals surface area contributed by atoms with Crippen molar-refractivity contribution < 1.29 is 13.2 Å². The predicted octanol–water partition coefficient (Wildman–Crippen LogP) is 1.55. The summed E-state index contributed by atoms with van der Waals surface area (Å²) >= 11 is 0. The van der Waals surface area contributed by atoms with Gasteiger partial charge in [-0.05, 0) is 42.8 Å². The van der Waals surface area contributed by atoms with E-state index in [9.17, 15) is 13.2 Å². The molecule has 2 rings (SSSR count). The third kappa shape index (κ3) is 4.39. The molecule has 7 heteroatoms. The van der Waals surface area contributed by atoms with Gasteiger partial charge in [0.25, 0.3) is 5.91 Å². The van der Waals surface area contributed by atoms with E-state index in [1.54, 1.807) is 12.3 Å². The second kappa shape index (κ2) is 7.05.